The number of hydrogen-bond acceptors (Lipinski definition) is 4. The Morgan fingerprint density at radius 2 is 2.00 bits per heavy atom. The van der Waals surface area contributed by atoms with Crippen molar-refractivity contribution in [2.75, 3.05) is 46.4 Å². The summed E-state index contributed by atoms with van der Waals surface area (Å²) in [6, 6.07) is 0. The van der Waals surface area contributed by atoms with Gasteiger partial charge in [0, 0.05) is 57.7 Å². The molecule has 1 aromatic rings. The van der Waals surface area contributed by atoms with Crippen LogP contribution in [0.2, 0.25) is 0 Å². The van der Waals surface area contributed by atoms with Crippen molar-refractivity contribution in [2.24, 2.45) is 4.99 Å². The molecule has 0 radical (unpaired) electrons. The van der Waals surface area contributed by atoms with E-state index in [9.17, 15) is 0 Å². The third kappa shape index (κ3) is 7.40. The van der Waals surface area contributed by atoms with Crippen LogP contribution in [0.4, 0.5) is 0 Å². The van der Waals surface area contributed by atoms with Gasteiger partial charge in [-0.15, -0.1) is 24.0 Å². The SMILES string of the molecule is CN=C(NCCCCn1ccnc1C)NCC(C)(C)N1CCOCC1.I. The molecule has 1 aromatic heterocycles. The molecular weight excluding hydrogens is 443 g/mol. The van der Waals surface area contributed by atoms with Gasteiger partial charge in [-0.25, -0.2) is 4.98 Å². The summed E-state index contributed by atoms with van der Waals surface area (Å²) >= 11 is 0. The van der Waals surface area contributed by atoms with Gasteiger partial charge in [-0.3, -0.25) is 9.89 Å². The molecule has 0 atom stereocenters. The Balaban J connectivity index is 0.00000338. The van der Waals surface area contributed by atoms with E-state index in [-0.39, 0.29) is 29.5 Å². The van der Waals surface area contributed by atoms with E-state index < -0.39 is 0 Å². The molecule has 2 rings (SSSR count). The van der Waals surface area contributed by atoms with Gasteiger partial charge in [0.1, 0.15) is 5.82 Å². The lowest BCUT2D eigenvalue weighted by Crippen LogP contribution is -2.56. The summed E-state index contributed by atoms with van der Waals surface area (Å²) in [5, 5.41) is 6.87. The van der Waals surface area contributed by atoms with Crippen molar-refractivity contribution in [2.45, 2.75) is 45.7 Å². The lowest BCUT2D eigenvalue weighted by Gasteiger charge is -2.41. The van der Waals surface area contributed by atoms with Gasteiger partial charge in [0.05, 0.1) is 13.2 Å². The third-order valence-electron chi connectivity index (χ3n) is 4.82. The highest BCUT2D eigenvalue weighted by Gasteiger charge is 2.28. The molecule has 7 nitrogen and oxygen atoms in total. The molecule has 150 valence electrons. The van der Waals surface area contributed by atoms with E-state index >= 15 is 0 Å². The quantitative estimate of drug-likeness (QED) is 0.259. The first-order chi connectivity index (χ1) is 12.0. The topological polar surface area (TPSA) is 66.7 Å². The van der Waals surface area contributed by atoms with Crippen molar-refractivity contribution < 1.29 is 4.74 Å². The van der Waals surface area contributed by atoms with Crippen LogP contribution in [-0.4, -0.2) is 72.4 Å². The largest absolute Gasteiger partial charge is 0.379 e. The van der Waals surface area contributed by atoms with E-state index in [4.69, 9.17) is 4.74 Å². The number of rotatable bonds is 8. The molecule has 8 heteroatoms. The van der Waals surface area contributed by atoms with E-state index in [2.05, 4.69) is 43.9 Å². The van der Waals surface area contributed by atoms with Gasteiger partial charge < -0.3 is 19.9 Å². The Kier molecular flexibility index (Phi) is 10.5. The van der Waals surface area contributed by atoms with Crippen molar-refractivity contribution in [3.63, 3.8) is 0 Å². The minimum Gasteiger partial charge on any atom is -0.379 e. The fourth-order valence-electron chi connectivity index (χ4n) is 3.06. The highest BCUT2D eigenvalue weighted by Crippen LogP contribution is 2.14. The van der Waals surface area contributed by atoms with Gasteiger partial charge in [-0.2, -0.15) is 0 Å². The Labute approximate surface area is 175 Å². The Morgan fingerprint density at radius 1 is 1.27 bits per heavy atom. The lowest BCUT2D eigenvalue weighted by molar-refractivity contribution is -0.00833. The first-order valence-electron chi connectivity index (χ1n) is 9.28. The number of imidazole rings is 1. The zero-order chi connectivity index (χ0) is 18.1. The normalized spacial score (nSPS) is 16.2. The smallest absolute Gasteiger partial charge is 0.191 e. The number of nitrogens with one attached hydrogen (secondary N) is 2. The second-order valence-corrected chi connectivity index (χ2v) is 7.14. The average molecular weight is 478 g/mol. The van der Waals surface area contributed by atoms with E-state index in [0.29, 0.717) is 0 Å². The number of guanidine groups is 1. The number of nitrogens with zero attached hydrogens (tertiary/aromatic N) is 4. The molecule has 2 heterocycles. The summed E-state index contributed by atoms with van der Waals surface area (Å²) < 4.78 is 7.64. The van der Waals surface area contributed by atoms with Gasteiger partial charge in [0.15, 0.2) is 5.96 Å². The van der Waals surface area contributed by atoms with Gasteiger partial charge in [-0.05, 0) is 33.6 Å². The molecule has 1 aliphatic rings. The van der Waals surface area contributed by atoms with Crippen molar-refractivity contribution in [3.05, 3.63) is 18.2 Å². The summed E-state index contributed by atoms with van der Waals surface area (Å²) in [5.74, 6) is 1.95. The first-order valence-corrected chi connectivity index (χ1v) is 9.28. The van der Waals surface area contributed by atoms with Crippen molar-refractivity contribution in [1.29, 1.82) is 0 Å². The number of aromatic nitrogens is 2. The zero-order valence-electron chi connectivity index (χ0n) is 16.6. The van der Waals surface area contributed by atoms with Crippen LogP contribution in [-0.2, 0) is 11.3 Å². The maximum Gasteiger partial charge on any atom is 0.191 e. The third-order valence-corrected chi connectivity index (χ3v) is 4.82. The van der Waals surface area contributed by atoms with Crippen molar-refractivity contribution in [1.82, 2.24) is 25.1 Å². The van der Waals surface area contributed by atoms with Gasteiger partial charge in [-0.1, -0.05) is 0 Å². The van der Waals surface area contributed by atoms with Crippen molar-refractivity contribution in [3.8, 4) is 0 Å². The average Bonchev–Trinajstić information content (AvgIpc) is 3.03. The predicted molar refractivity (Wildman–Crippen MR) is 117 cm³/mol. The summed E-state index contributed by atoms with van der Waals surface area (Å²) in [6.45, 7) is 13.0. The van der Waals surface area contributed by atoms with Crippen LogP contribution in [0.15, 0.2) is 17.4 Å². The van der Waals surface area contributed by atoms with Crippen LogP contribution in [0.3, 0.4) is 0 Å². The molecule has 1 saturated heterocycles. The fourth-order valence-corrected chi connectivity index (χ4v) is 3.06. The van der Waals surface area contributed by atoms with Crippen LogP contribution in [0.1, 0.15) is 32.5 Å². The number of aliphatic imine (C=N–C) groups is 1. The lowest BCUT2D eigenvalue weighted by atomic mass is 10.0. The monoisotopic (exact) mass is 478 g/mol. The second-order valence-electron chi connectivity index (χ2n) is 7.14. The van der Waals surface area contributed by atoms with Gasteiger partial charge in [0.25, 0.3) is 0 Å². The number of ether oxygens (including phenoxy) is 1. The molecule has 0 spiro atoms. The highest BCUT2D eigenvalue weighted by molar-refractivity contribution is 14.0. The number of aryl methyl sites for hydroxylation is 2. The van der Waals surface area contributed by atoms with E-state index in [1.807, 2.05) is 26.4 Å². The number of morpholine rings is 1. The Hall–Kier alpha value is -0.870. The summed E-state index contributed by atoms with van der Waals surface area (Å²) in [6.07, 6.45) is 6.12. The Bertz CT molecular complexity index is 540. The first kappa shape index (κ1) is 23.2. The molecule has 0 bridgehead atoms. The van der Waals surface area contributed by atoms with Crippen LogP contribution in [0, 0.1) is 6.92 Å². The maximum absolute atomic E-state index is 5.45. The standard InChI is InChI=1S/C18H34N6O.HI/c1-16-20-8-10-23(16)9-6-5-7-21-17(19-4)22-15-18(2,3)24-11-13-25-14-12-24;/h8,10H,5-7,9,11-15H2,1-4H3,(H2,19,21,22);1H. The molecule has 26 heavy (non-hydrogen) atoms. The molecule has 0 saturated carbocycles. The summed E-state index contributed by atoms with van der Waals surface area (Å²) in [7, 11) is 1.83. The van der Waals surface area contributed by atoms with E-state index in [1.165, 1.54) is 0 Å². The van der Waals surface area contributed by atoms with Gasteiger partial charge in [0.2, 0.25) is 0 Å². The molecule has 0 amide bonds. The van der Waals surface area contributed by atoms with E-state index in [0.717, 1.165) is 70.6 Å². The van der Waals surface area contributed by atoms with Crippen LogP contribution in [0.25, 0.3) is 0 Å². The fraction of sp³-hybridized carbons (Fsp3) is 0.778. The summed E-state index contributed by atoms with van der Waals surface area (Å²) in [5.41, 5.74) is 0.0837. The molecule has 1 fully saturated rings. The van der Waals surface area contributed by atoms with Crippen molar-refractivity contribution >= 4 is 29.9 Å². The highest BCUT2D eigenvalue weighted by atomic mass is 127. The number of halogens is 1. The molecule has 1 aliphatic heterocycles. The minimum absolute atomic E-state index is 0. The predicted octanol–water partition coefficient (Wildman–Crippen LogP) is 1.87. The van der Waals surface area contributed by atoms with Gasteiger partial charge >= 0.3 is 0 Å². The molecule has 0 unspecified atom stereocenters. The van der Waals surface area contributed by atoms with Crippen LogP contribution in [0.5, 0.6) is 0 Å². The van der Waals surface area contributed by atoms with Crippen LogP contribution < -0.4 is 10.6 Å². The molecule has 0 aliphatic carbocycles. The molecule has 0 aromatic carbocycles. The zero-order valence-corrected chi connectivity index (χ0v) is 19.0. The molecular formula is C18H35IN6O. The number of hydrogen-bond donors (Lipinski definition) is 2. The number of unbranched alkanes of at least 4 members (excludes halogenated alkanes) is 1. The maximum atomic E-state index is 5.45. The summed E-state index contributed by atoms with van der Waals surface area (Å²) in [4.78, 5) is 11.1. The second kappa shape index (κ2) is 11.8. The molecule has 2 N–H and O–H groups in total. The van der Waals surface area contributed by atoms with Crippen LogP contribution >= 0.6 is 24.0 Å². The van der Waals surface area contributed by atoms with E-state index in [1.54, 1.807) is 0 Å². The minimum atomic E-state index is 0. The Morgan fingerprint density at radius 3 is 2.62 bits per heavy atom.